The van der Waals surface area contributed by atoms with Crippen LogP contribution in [-0.2, 0) is 17.4 Å². The van der Waals surface area contributed by atoms with Crippen molar-refractivity contribution >= 4 is 17.6 Å². The Balaban J connectivity index is 4.37. The van der Waals surface area contributed by atoms with Crippen molar-refractivity contribution in [2.24, 2.45) is 0 Å². The number of hydrogen-bond acceptors (Lipinski definition) is 5. The van der Waals surface area contributed by atoms with Crippen molar-refractivity contribution in [3.63, 3.8) is 0 Å². The molecule has 0 aromatic carbocycles. The molecule has 7 heteroatoms. The maximum Gasteiger partial charge on any atom is 0.490 e. The molecule has 0 aromatic heterocycles. The summed E-state index contributed by atoms with van der Waals surface area (Å²) in [4.78, 5) is 9.87. The summed E-state index contributed by atoms with van der Waals surface area (Å²) in [6, 6.07) is 0. The monoisotopic (exact) mass is 254 g/mol. The second-order valence-electron chi connectivity index (χ2n) is 3.16. The lowest BCUT2D eigenvalue weighted by atomic mass is 10.9. The molecule has 1 atom stereocenters. The SMILES string of the molecule is CCO[Si](C)(O)O[Si](C)(OCC)OCC. The second-order valence-corrected chi connectivity index (χ2v) is 8.36. The smallest absolute Gasteiger partial charge is 0.390 e. The van der Waals surface area contributed by atoms with Gasteiger partial charge in [-0.25, -0.2) is 0 Å². The van der Waals surface area contributed by atoms with Crippen LogP contribution in [0.15, 0.2) is 0 Å². The van der Waals surface area contributed by atoms with Gasteiger partial charge in [0.15, 0.2) is 0 Å². The highest BCUT2D eigenvalue weighted by Gasteiger charge is 2.45. The van der Waals surface area contributed by atoms with Gasteiger partial charge in [-0.2, -0.15) is 0 Å². The normalized spacial score (nSPS) is 16.4. The van der Waals surface area contributed by atoms with Gasteiger partial charge in [-0.3, -0.25) is 0 Å². The van der Waals surface area contributed by atoms with Gasteiger partial charge in [-0.1, -0.05) is 0 Å². The van der Waals surface area contributed by atoms with Crippen molar-refractivity contribution in [3.8, 4) is 0 Å². The molecule has 1 unspecified atom stereocenters. The summed E-state index contributed by atoms with van der Waals surface area (Å²) < 4.78 is 21.6. The fourth-order valence-electron chi connectivity index (χ4n) is 1.27. The van der Waals surface area contributed by atoms with Crippen LogP contribution in [-0.4, -0.2) is 42.2 Å². The molecular formula is C8H22O5Si2. The highest BCUT2D eigenvalue weighted by molar-refractivity contribution is 6.72. The molecule has 1 N–H and O–H groups in total. The van der Waals surface area contributed by atoms with E-state index in [1.807, 2.05) is 20.8 Å². The molecule has 0 heterocycles. The first-order valence-corrected chi connectivity index (χ1v) is 9.72. The Bertz CT molecular complexity index is 170. The van der Waals surface area contributed by atoms with E-state index < -0.39 is 17.6 Å². The largest absolute Gasteiger partial charge is 0.490 e. The molecule has 0 radical (unpaired) electrons. The summed E-state index contributed by atoms with van der Waals surface area (Å²) >= 11 is 0. The fraction of sp³-hybridized carbons (Fsp3) is 1.00. The van der Waals surface area contributed by atoms with Gasteiger partial charge in [-0.05, 0) is 20.8 Å². The van der Waals surface area contributed by atoms with Crippen molar-refractivity contribution < 1.29 is 22.2 Å². The van der Waals surface area contributed by atoms with Crippen molar-refractivity contribution in [2.75, 3.05) is 19.8 Å². The number of hydrogen-bond donors (Lipinski definition) is 1. The summed E-state index contributed by atoms with van der Waals surface area (Å²) in [6.45, 7) is 10.3. The Morgan fingerprint density at radius 3 is 1.60 bits per heavy atom. The predicted octanol–water partition coefficient (Wildman–Crippen LogP) is 1.24. The molecule has 0 rings (SSSR count). The highest BCUT2D eigenvalue weighted by atomic mass is 28.5. The predicted molar refractivity (Wildman–Crippen MR) is 61.4 cm³/mol. The minimum atomic E-state index is -3.10. The summed E-state index contributed by atoms with van der Waals surface area (Å²) in [5.74, 6) is 0. The first kappa shape index (κ1) is 15.2. The van der Waals surface area contributed by atoms with Crippen LogP contribution in [0.2, 0.25) is 13.1 Å². The van der Waals surface area contributed by atoms with Crippen molar-refractivity contribution in [1.29, 1.82) is 0 Å². The minimum absolute atomic E-state index is 0.419. The van der Waals surface area contributed by atoms with E-state index in [-0.39, 0.29) is 0 Å². The highest BCUT2D eigenvalue weighted by Crippen LogP contribution is 2.16. The van der Waals surface area contributed by atoms with Crippen LogP contribution in [0.5, 0.6) is 0 Å². The zero-order valence-corrected chi connectivity index (χ0v) is 12.2. The van der Waals surface area contributed by atoms with Gasteiger partial charge < -0.3 is 22.2 Å². The minimum Gasteiger partial charge on any atom is -0.390 e. The van der Waals surface area contributed by atoms with Gasteiger partial charge >= 0.3 is 17.6 Å². The second kappa shape index (κ2) is 6.74. The molecule has 0 aliphatic heterocycles. The first-order valence-electron chi connectivity index (χ1n) is 5.23. The Morgan fingerprint density at radius 1 is 0.867 bits per heavy atom. The van der Waals surface area contributed by atoms with Gasteiger partial charge in [0.1, 0.15) is 0 Å². The van der Waals surface area contributed by atoms with Crippen LogP contribution in [0, 0.1) is 0 Å². The average molecular weight is 254 g/mol. The maximum atomic E-state index is 9.87. The molecule has 0 bridgehead atoms. The molecule has 0 amide bonds. The van der Waals surface area contributed by atoms with Gasteiger partial charge in [0.05, 0.1) is 0 Å². The summed E-state index contributed by atoms with van der Waals surface area (Å²) in [7, 11) is -5.84. The molecule has 0 fully saturated rings. The molecular weight excluding hydrogens is 232 g/mol. The molecule has 0 aromatic rings. The molecule has 0 aliphatic carbocycles. The molecule has 5 nitrogen and oxygen atoms in total. The van der Waals surface area contributed by atoms with E-state index in [0.29, 0.717) is 19.8 Å². The van der Waals surface area contributed by atoms with Crippen molar-refractivity contribution in [1.82, 2.24) is 0 Å². The molecule has 0 saturated heterocycles. The zero-order valence-electron chi connectivity index (χ0n) is 10.2. The first-order chi connectivity index (χ1) is 6.89. The Hall–Kier alpha value is 0.234. The van der Waals surface area contributed by atoms with Crippen LogP contribution in [0.4, 0.5) is 0 Å². The molecule has 0 spiro atoms. The summed E-state index contributed by atoms with van der Waals surface area (Å²) in [5, 5.41) is 0. The molecule has 0 aliphatic rings. The molecule has 0 saturated carbocycles. The molecule has 92 valence electrons. The van der Waals surface area contributed by atoms with E-state index in [0.717, 1.165) is 0 Å². The third-order valence-corrected chi connectivity index (χ3v) is 7.05. The van der Waals surface area contributed by atoms with Gasteiger partial charge in [0.2, 0.25) is 0 Å². The van der Waals surface area contributed by atoms with E-state index in [1.165, 1.54) is 0 Å². The van der Waals surface area contributed by atoms with E-state index in [2.05, 4.69) is 0 Å². The summed E-state index contributed by atoms with van der Waals surface area (Å²) in [6.07, 6.45) is 0. The Kier molecular flexibility index (Phi) is 6.84. The van der Waals surface area contributed by atoms with Crippen LogP contribution in [0.25, 0.3) is 0 Å². The lowest BCUT2D eigenvalue weighted by Crippen LogP contribution is -2.54. The van der Waals surface area contributed by atoms with E-state index >= 15 is 0 Å². The van der Waals surface area contributed by atoms with Crippen LogP contribution in [0.3, 0.4) is 0 Å². The van der Waals surface area contributed by atoms with E-state index in [9.17, 15) is 4.80 Å². The maximum absolute atomic E-state index is 9.87. The Labute approximate surface area is 94.0 Å². The van der Waals surface area contributed by atoms with Crippen molar-refractivity contribution in [3.05, 3.63) is 0 Å². The molecule has 15 heavy (non-hydrogen) atoms. The third-order valence-electron chi connectivity index (χ3n) is 1.60. The number of rotatable bonds is 8. The van der Waals surface area contributed by atoms with E-state index in [1.54, 1.807) is 13.1 Å². The van der Waals surface area contributed by atoms with Gasteiger partial charge in [0.25, 0.3) is 0 Å². The van der Waals surface area contributed by atoms with Gasteiger partial charge in [-0.15, -0.1) is 0 Å². The standard InChI is InChI=1S/C8H22O5Si2/c1-6-10-14(4,9)13-15(5,11-7-2)12-8-3/h9H,6-8H2,1-5H3. The van der Waals surface area contributed by atoms with Crippen LogP contribution >= 0.6 is 0 Å². The lowest BCUT2D eigenvalue weighted by molar-refractivity contribution is 0.0764. The third kappa shape index (κ3) is 6.41. The van der Waals surface area contributed by atoms with Crippen LogP contribution in [0.1, 0.15) is 20.8 Å². The average Bonchev–Trinajstić information content (AvgIpc) is 2.02. The van der Waals surface area contributed by atoms with Gasteiger partial charge in [0, 0.05) is 32.9 Å². The van der Waals surface area contributed by atoms with Crippen LogP contribution < -0.4 is 0 Å². The summed E-state index contributed by atoms with van der Waals surface area (Å²) in [5.41, 5.74) is 0. The fourth-order valence-corrected chi connectivity index (χ4v) is 6.39. The quantitative estimate of drug-likeness (QED) is 0.661. The van der Waals surface area contributed by atoms with Crippen molar-refractivity contribution in [2.45, 2.75) is 33.9 Å². The van der Waals surface area contributed by atoms with E-state index in [4.69, 9.17) is 17.4 Å². The topological polar surface area (TPSA) is 57.2 Å². The zero-order chi connectivity index (χ0) is 11.9. The Morgan fingerprint density at radius 2 is 1.27 bits per heavy atom. The lowest BCUT2D eigenvalue weighted by Gasteiger charge is -2.31.